The third-order valence-corrected chi connectivity index (χ3v) is 6.99. The summed E-state index contributed by atoms with van der Waals surface area (Å²) >= 11 is 6.20. The highest BCUT2D eigenvalue weighted by Crippen LogP contribution is 2.45. The molecule has 2 atom stereocenters. The molecule has 4 rings (SSSR count). The summed E-state index contributed by atoms with van der Waals surface area (Å²) in [6.07, 6.45) is -1.94. The molecule has 0 radical (unpaired) electrons. The van der Waals surface area contributed by atoms with Crippen molar-refractivity contribution in [1.29, 1.82) is 0 Å². The normalized spacial score (nSPS) is 13.1. The van der Waals surface area contributed by atoms with E-state index in [9.17, 15) is 27.2 Å². The van der Waals surface area contributed by atoms with Crippen LogP contribution in [0.2, 0.25) is 5.02 Å². The third-order valence-electron chi connectivity index (χ3n) is 6.77. The monoisotopic (exact) mass is 590 g/mol. The van der Waals surface area contributed by atoms with Gasteiger partial charge in [0.25, 0.3) is 5.91 Å². The van der Waals surface area contributed by atoms with Gasteiger partial charge in [-0.1, -0.05) is 49.2 Å². The molecular formula is C30H27ClF4N2O4. The Balaban J connectivity index is 1.76. The predicted octanol–water partition coefficient (Wildman–Crippen LogP) is 7.78. The van der Waals surface area contributed by atoms with Gasteiger partial charge in [0, 0.05) is 34.6 Å². The number of halogens is 5. The Morgan fingerprint density at radius 1 is 1.05 bits per heavy atom. The number of aromatic nitrogens is 1. The topological polar surface area (TPSA) is 91.4 Å². The number of hydrogen-bond acceptors (Lipinski definition) is 3. The summed E-state index contributed by atoms with van der Waals surface area (Å²) < 4.78 is 57.2. The SMILES string of the molecule is CCC[C@H](c1ccc(C(=O)NCCC(=O)O)cc1)[C@H](c1ccc(OC(F)(F)F)cc1)c1c[nH]c2c(F)cc(Cl)cc12. The number of ether oxygens (including phenoxy) is 1. The van der Waals surface area contributed by atoms with Crippen molar-refractivity contribution in [3.63, 3.8) is 0 Å². The average molecular weight is 591 g/mol. The van der Waals surface area contributed by atoms with E-state index in [2.05, 4.69) is 15.0 Å². The van der Waals surface area contributed by atoms with Crippen molar-refractivity contribution >= 4 is 34.4 Å². The van der Waals surface area contributed by atoms with Gasteiger partial charge >= 0.3 is 12.3 Å². The van der Waals surface area contributed by atoms with Crippen LogP contribution in [0.1, 0.15) is 65.1 Å². The summed E-state index contributed by atoms with van der Waals surface area (Å²) in [6, 6.07) is 15.3. The van der Waals surface area contributed by atoms with Crippen LogP contribution in [0.3, 0.4) is 0 Å². The Kier molecular flexibility index (Phi) is 9.22. The highest BCUT2D eigenvalue weighted by molar-refractivity contribution is 6.31. The van der Waals surface area contributed by atoms with Crippen LogP contribution in [0.4, 0.5) is 17.6 Å². The fraction of sp³-hybridized carbons (Fsp3) is 0.267. The first-order valence-corrected chi connectivity index (χ1v) is 13.3. The van der Waals surface area contributed by atoms with Crippen LogP contribution < -0.4 is 10.1 Å². The van der Waals surface area contributed by atoms with Gasteiger partial charge < -0.3 is 20.1 Å². The van der Waals surface area contributed by atoms with E-state index in [0.717, 1.165) is 12.0 Å². The number of rotatable bonds is 11. The number of nitrogens with one attached hydrogen (secondary N) is 2. The highest BCUT2D eigenvalue weighted by Gasteiger charge is 2.32. The Bertz CT molecular complexity index is 1520. The van der Waals surface area contributed by atoms with Crippen LogP contribution >= 0.6 is 11.6 Å². The van der Waals surface area contributed by atoms with Crippen molar-refractivity contribution in [2.45, 2.75) is 44.4 Å². The van der Waals surface area contributed by atoms with E-state index in [1.807, 2.05) is 6.92 Å². The molecule has 3 aromatic carbocycles. The summed E-state index contributed by atoms with van der Waals surface area (Å²) in [4.78, 5) is 26.2. The number of carbonyl (C=O) groups excluding carboxylic acids is 1. The number of hydrogen-bond donors (Lipinski definition) is 3. The van der Waals surface area contributed by atoms with Crippen molar-refractivity contribution in [3.8, 4) is 5.75 Å². The fourth-order valence-electron chi connectivity index (χ4n) is 5.04. The second-order valence-corrected chi connectivity index (χ2v) is 10.0. The summed E-state index contributed by atoms with van der Waals surface area (Å²) in [5, 5.41) is 12.1. The summed E-state index contributed by atoms with van der Waals surface area (Å²) in [5.74, 6) is -2.99. The van der Waals surface area contributed by atoms with Crippen molar-refractivity contribution < 1.29 is 37.0 Å². The Labute approximate surface area is 238 Å². The number of H-pyrrole nitrogens is 1. The maximum atomic E-state index is 14.8. The van der Waals surface area contributed by atoms with Gasteiger partial charge in [-0.05, 0) is 65.4 Å². The first kappa shape index (κ1) is 29.9. The lowest BCUT2D eigenvalue weighted by molar-refractivity contribution is -0.274. The number of carbonyl (C=O) groups is 2. The zero-order valence-electron chi connectivity index (χ0n) is 21.9. The van der Waals surface area contributed by atoms with Crippen LogP contribution in [0.25, 0.3) is 10.9 Å². The minimum Gasteiger partial charge on any atom is -0.481 e. The molecule has 4 aromatic rings. The van der Waals surface area contributed by atoms with Crippen LogP contribution in [-0.4, -0.2) is 34.9 Å². The van der Waals surface area contributed by atoms with Gasteiger partial charge in [-0.25, -0.2) is 4.39 Å². The molecule has 0 aliphatic heterocycles. The largest absolute Gasteiger partial charge is 0.573 e. The van der Waals surface area contributed by atoms with Gasteiger partial charge in [0.1, 0.15) is 11.6 Å². The van der Waals surface area contributed by atoms with Gasteiger partial charge in [0.2, 0.25) is 0 Å². The van der Waals surface area contributed by atoms with Gasteiger partial charge in [-0.3, -0.25) is 9.59 Å². The summed E-state index contributed by atoms with van der Waals surface area (Å²) in [7, 11) is 0. The molecule has 0 saturated heterocycles. The number of carboxylic acid groups (broad SMARTS) is 1. The molecule has 0 saturated carbocycles. The minimum absolute atomic E-state index is 0.00974. The third kappa shape index (κ3) is 7.38. The number of fused-ring (bicyclic) bond motifs is 1. The number of aromatic amines is 1. The second kappa shape index (κ2) is 12.6. The molecule has 0 bridgehead atoms. The molecule has 6 nitrogen and oxygen atoms in total. The fourth-order valence-corrected chi connectivity index (χ4v) is 5.25. The quantitative estimate of drug-likeness (QED) is 0.156. The molecule has 0 aliphatic carbocycles. The van der Waals surface area contributed by atoms with E-state index in [-0.39, 0.29) is 35.2 Å². The minimum atomic E-state index is -4.83. The van der Waals surface area contributed by atoms with Gasteiger partial charge in [0.15, 0.2) is 0 Å². The molecule has 3 N–H and O–H groups in total. The first-order chi connectivity index (χ1) is 19.5. The van der Waals surface area contributed by atoms with E-state index < -0.39 is 30.0 Å². The maximum absolute atomic E-state index is 14.8. The Morgan fingerprint density at radius 2 is 1.71 bits per heavy atom. The lowest BCUT2D eigenvalue weighted by atomic mass is 9.75. The Morgan fingerprint density at radius 3 is 2.32 bits per heavy atom. The number of amides is 1. The average Bonchev–Trinajstić information content (AvgIpc) is 3.32. The van der Waals surface area contributed by atoms with Crippen LogP contribution in [0.15, 0.2) is 66.9 Å². The zero-order chi connectivity index (χ0) is 29.7. The van der Waals surface area contributed by atoms with Crippen molar-refractivity contribution in [2.24, 2.45) is 0 Å². The highest BCUT2D eigenvalue weighted by atomic mass is 35.5. The molecule has 1 aromatic heterocycles. The summed E-state index contributed by atoms with van der Waals surface area (Å²) in [6.45, 7) is 1.99. The molecule has 216 valence electrons. The van der Waals surface area contributed by atoms with Crippen LogP contribution in [0.5, 0.6) is 5.75 Å². The first-order valence-electron chi connectivity index (χ1n) is 12.9. The van der Waals surface area contributed by atoms with E-state index in [1.165, 1.54) is 18.2 Å². The maximum Gasteiger partial charge on any atom is 0.573 e. The molecule has 1 amide bonds. The van der Waals surface area contributed by atoms with Gasteiger partial charge in [-0.15, -0.1) is 13.2 Å². The Hall–Kier alpha value is -4.05. The lowest BCUT2D eigenvalue weighted by Gasteiger charge is -2.29. The molecule has 11 heteroatoms. The summed E-state index contributed by atoms with van der Waals surface area (Å²) in [5.41, 5.74) is 2.84. The molecule has 0 spiro atoms. The van der Waals surface area contributed by atoms with E-state index in [0.29, 0.717) is 28.5 Å². The molecule has 41 heavy (non-hydrogen) atoms. The molecular weight excluding hydrogens is 564 g/mol. The van der Waals surface area contributed by atoms with E-state index in [1.54, 1.807) is 48.7 Å². The molecule has 0 aliphatic rings. The van der Waals surface area contributed by atoms with E-state index in [4.69, 9.17) is 16.7 Å². The molecule has 1 heterocycles. The van der Waals surface area contributed by atoms with Crippen molar-refractivity contribution in [3.05, 3.63) is 100.0 Å². The zero-order valence-corrected chi connectivity index (χ0v) is 22.7. The number of benzene rings is 3. The molecule has 0 fully saturated rings. The number of aliphatic carboxylic acids is 1. The predicted molar refractivity (Wildman–Crippen MR) is 147 cm³/mol. The lowest BCUT2D eigenvalue weighted by Crippen LogP contribution is -2.26. The van der Waals surface area contributed by atoms with Crippen molar-refractivity contribution in [2.75, 3.05) is 6.54 Å². The number of carboxylic acids is 1. The second-order valence-electron chi connectivity index (χ2n) is 9.57. The van der Waals surface area contributed by atoms with E-state index >= 15 is 0 Å². The van der Waals surface area contributed by atoms with Crippen LogP contribution in [0, 0.1) is 5.82 Å². The molecule has 0 unspecified atom stereocenters. The van der Waals surface area contributed by atoms with Gasteiger partial charge in [0.05, 0.1) is 11.9 Å². The van der Waals surface area contributed by atoms with Crippen LogP contribution in [-0.2, 0) is 4.79 Å². The smallest absolute Gasteiger partial charge is 0.481 e. The standard InChI is InChI=1S/C30H27ClF4N2O4/c1-2-3-22(17-4-6-19(7-5-17)29(40)36-13-12-26(38)39)27(18-8-10-21(11-9-18)41-30(33,34)35)24-16-37-28-23(24)14-20(31)15-25(28)32/h4-11,14-16,22,27,37H,2-3,12-13H2,1H3,(H,36,40)(H,38,39)/t22-,27+/m1/s1. The van der Waals surface area contributed by atoms with Gasteiger partial charge in [-0.2, -0.15) is 0 Å². The number of alkyl halides is 3. The van der Waals surface area contributed by atoms with Crippen molar-refractivity contribution in [1.82, 2.24) is 10.3 Å².